The van der Waals surface area contributed by atoms with Crippen LogP contribution in [-0.2, 0) is 16.0 Å². The molecular formula is C15H19NO3. The van der Waals surface area contributed by atoms with Crippen LogP contribution in [0.2, 0.25) is 0 Å². The first-order chi connectivity index (χ1) is 9.04. The smallest absolute Gasteiger partial charge is 0.329 e. The lowest BCUT2D eigenvalue weighted by Crippen LogP contribution is -2.50. The van der Waals surface area contributed by atoms with Crippen molar-refractivity contribution in [3.8, 4) is 0 Å². The summed E-state index contributed by atoms with van der Waals surface area (Å²) in [5.74, 6) is -0.968. The lowest BCUT2D eigenvalue weighted by molar-refractivity contribution is -0.155. The molecule has 2 rings (SSSR count). The Morgan fingerprint density at radius 1 is 1.32 bits per heavy atom. The predicted octanol–water partition coefficient (Wildman–Crippen LogP) is 2.08. The van der Waals surface area contributed by atoms with Crippen molar-refractivity contribution >= 4 is 11.9 Å². The Morgan fingerprint density at radius 3 is 2.63 bits per heavy atom. The van der Waals surface area contributed by atoms with E-state index < -0.39 is 11.5 Å². The van der Waals surface area contributed by atoms with Crippen LogP contribution in [0.25, 0.3) is 0 Å². The van der Waals surface area contributed by atoms with Crippen LogP contribution in [0, 0.1) is 0 Å². The topological polar surface area (TPSA) is 57.6 Å². The summed E-state index contributed by atoms with van der Waals surface area (Å²) in [6.07, 6.45) is 2.33. The molecule has 1 aromatic carbocycles. The maximum Gasteiger partial charge on any atom is 0.329 e. The number of benzene rings is 1. The molecule has 0 radical (unpaired) electrons. The fourth-order valence-corrected chi connectivity index (χ4v) is 2.62. The second kappa shape index (κ2) is 5.43. The van der Waals surface area contributed by atoms with Gasteiger partial charge >= 0.3 is 5.97 Å². The molecule has 1 fully saturated rings. The zero-order chi connectivity index (χ0) is 13.9. The third kappa shape index (κ3) is 2.78. The van der Waals surface area contributed by atoms with E-state index >= 15 is 0 Å². The molecule has 0 spiro atoms. The fourth-order valence-electron chi connectivity index (χ4n) is 2.62. The molecule has 1 saturated heterocycles. The maximum atomic E-state index is 12.2. The lowest BCUT2D eigenvalue weighted by atomic mass is 9.98. The number of carbonyl (C=O) groups excluding carboxylic acids is 1. The van der Waals surface area contributed by atoms with Crippen LogP contribution < -0.4 is 0 Å². The number of carboxylic acids is 1. The molecule has 1 aliphatic rings. The molecule has 4 nitrogen and oxygen atoms in total. The molecule has 0 saturated carbocycles. The van der Waals surface area contributed by atoms with Crippen LogP contribution >= 0.6 is 0 Å². The first-order valence-electron chi connectivity index (χ1n) is 6.62. The van der Waals surface area contributed by atoms with Crippen LogP contribution in [0.5, 0.6) is 0 Å². The molecular weight excluding hydrogens is 242 g/mol. The largest absolute Gasteiger partial charge is 0.480 e. The SMILES string of the molecule is CC1(C(=O)O)CCCN1C(=O)CCc1ccccc1. The highest BCUT2D eigenvalue weighted by molar-refractivity contribution is 5.87. The van der Waals surface area contributed by atoms with Crippen molar-refractivity contribution in [2.75, 3.05) is 6.54 Å². The minimum absolute atomic E-state index is 0.0637. The van der Waals surface area contributed by atoms with E-state index in [0.717, 1.165) is 12.0 Å². The second-order valence-electron chi connectivity index (χ2n) is 5.21. The molecule has 0 bridgehead atoms. The van der Waals surface area contributed by atoms with Crippen LogP contribution in [0.1, 0.15) is 31.7 Å². The van der Waals surface area contributed by atoms with Crippen molar-refractivity contribution in [2.45, 2.75) is 38.1 Å². The van der Waals surface area contributed by atoms with Gasteiger partial charge in [-0.15, -0.1) is 0 Å². The Labute approximate surface area is 113 Å². The van der Waals surface area contributed by atoms with E-state index in [1.54, 1.807) is 6.92 Å². The minimum atomic E-state index is -1.02. The summed E-state index contributed by atoms with van der Waals surface area (Å²) >= 11 is 0. The molecule has 1 amide bonds. The highest BCUT2D eigenvalue weighted by atomic mass is 16.4. The molecule has 0 aromatic heterocycles. The minimum Gasteiger partial charge on any atom is -0.480 e. The van der Waals surface area contributed by atoms with Crippen molar-refractivity contribution in [2.24, 2.45) is 0 Å². The van der Waals surface area contributed by atoms with Gasteiger partial charge in [-0.3, -0.25) is 4.79 Å². The number of carboxylic acid groups (broad SMARTS) is 1. The highest BCUT2D eigenvalue weighted by Crippen LogP contribution is 2.30. The van der Waals surface area contributed by atoms with Crippen LogP contribution in [0.15, 0.2) is 30.3 Å². The monoisotopic (exact) mass is 261 g/mol. The summed E-state index contributed by atoms with van der Waals surface area (Å²) in [5, 5.41) is 9.28. The van der Waals surface area contributed by atoms with Gasteiger partial charge in [0.2, 0.25) is 5.91 Å². The molecule has 1 aromatic rings. The third-order valence-corrected chi connectivity index (χ3v) is 3.87. The Morgan fingerprint density at radius 2 is 2.00 bits per heavy atom. The van der Waals surface area contributed by atoms with Crippen molar-refractivity contribution in [1.29, 1.82) is 0 Å². The Bertz CT molecular complexity index is 472. The first kappa shape index (κ1) is 13.6. The third-order valence-electron chi connectivity index (χ3n) is 3.87. The van der Waals surface area contributed by atoms with Gasteiger partial charge in [-0.1, -0.05) is 30.3 Å². The molecule has 0 aliphatic carbocycles. The average Bonchev–Trinajstić information content (AvgIpc) is 2.81. The average molecular weight is 261 g/mol. The Balaban J connectivity index is 1.98. The van der Waals surface area contributed by atoms with Crippen molar-refractivity contribution < 1.29 is 14.7 Å². The zero-order valence-corrected chi connectivity index (χ0v) is 11.1. The fraction of sp³-hybridized carbons (Fsp3) is 0.467. The quantitative estimate of drug-likeness (QED) is 0.902. The molecule has 1 N–H and O–H groups in total. The number of nitrogens with zero attached hydrogens (tertiary/aromatic N) is 1. The number of carbonyl (C=O) groups is 2. The number of likely N-dealkylation sites (tertiary alicyclic amines) is 1. The number of aliphatic carboxylic acids is 1. The van der Waals surface area contributed by atoms with Crippen molar-refractivity contribution in [3.05, 3.63) is 35.9 Å². The van der Waals surface area contributed by atoms with Gasteiger partial charge in [0.25, 0.3) is 0 Å². The van der Waals surface area contributed by atoms with Gasteiger partial charge in [-0.05, 0) is 31.7 Å². The van der Waals surface area contributed by atoms with E-state index in [2.05, 4.69) is 0 Å². The van der Waals surface area contributed by atoms with E-state index in [-0.39, 0.29) is 5.91 Å². The Kier molecular flexibility index (Phi) is 3.88. The van der Waals surface area contributed by atoms with Crippen LogP contribution in [-0.4, -0.2) is 34.0 Å². The van der Waals surface area contributed by atoms with Gasteiger partial charge in [-0.2, -0.15) is 0 Å². The number of aryl methyl sites for hydroxylation is 1. The number of hydrogen-bond acceptors (Lipinski definition) is 2. The second-order valence-corrected chi connectivity index (χ2v) is 5.21. The summed E-state index contributed by atoms with van der Waals surface area (Å²) in [7, 11) is 0. The van der Waals surface area contributed by atoms with Gasteiger partial charge in [0.05, 0.1) is 0 Å². The van der Waals surface area contributed by atoms with E-state index in [9.17, 15) is 14.7 Å². The summed E-state index contributed by atoms with van der Waals surface area (Å²) in [5.41, 5.74) is 0.0837. The summed E-state index contributed by atoms with van der Waals surface area (Å²) in [4.78, 5) is 25.0. The van der Waals surface area contributed by atoms with Gasteiger partial charge < -0.3 is 10.0 Å². The maximum absolute atomic E-state index is 12.2. The predicted molar refractivity (Wildman–Crippen MR) is 71.8 cm³/mol. The summed E-state index contributed by atoms with van der Waals surface area (Å²) in [6.45, 7) is 2.19. The molecule has 1 aliphatic heterocycles. The molecule has 102 valence electrons. The molecule has 19 heavy (non-hydrogen) atoms. The molecule has 1 atom stereocenters. The van der Waals surface area contributed by atoms with Gasteiger partial charge in [0.15, 0.2) is 0 Å². The van der Waals surface area contributed by atoms with Gasteiger partial charge in [0.1, 0.15) is 5.54 Å². The molecule has 1 unspecified atom stereocenters. The number of amides is 1. The first-order valence-corrected chi connectivity index (χ1v) is 6.62. The van der Waals surface area contributed by atoms with E-state index in [4.69, 9.17) is 0 Å². The van der Waals surface area contributed by atoms with E-state index in [0.29, 0.717) is 25.8 Å². The van der Waals surface area contributed by atoms with Gasteiger partial charge in [-0.25, -0.2) is 4.79 Å². The number of hydrogen-bond donors (Lipinski definition) is 1. The molecule has 1 heterocycles. The zero-order valence-electron chi connectivity index (χ0n) is 11.1. The Hall–Kier alpha value is -1.84. The van der Waals surface area contributed by atoms with Crippen LogP contribution in [0.3, 0.4) is 0 Å². The standard InChI is InChI=1S/C15H19NO3/c1-15(14(18)19)10-5-11-16(15)13(17)9-8-12-6-3-2-4-7-12/h2-4,6-7H,5,8-11H2,1H3,(H,18,19). The summed E-state index contributed by atoms with van der Waals surface area (Å²) < 4.78 is 0. The normalized spacial score (nSPS) is 22.5. The highest BCUT2D eigenvalue weighted by Gasteiger charge is 2.45. The van der Waals surface area contributed by atoms with E-state index in [1.807, 2.05) is 30.3 Å². The van der Waals surface area contributed by atoms with E-state index in [1.165, 1.54) is 4.90 Å². The summed E-state index contributed by atoms with van der Waals surface area (Å²) in [6, 6.07) is 9.78. The molecule has 4 heteroatoms. The van der Waals surface area contributed by atoms with Gasteiger partial charge in [0, 0.05) is 13.0 Å². The number of rotatable bonds is 4. The lowest BCUT2D eigenvalue weighted by Gasteiger charge is -2.31. The van der Waals surface area contributed by atoms with Crippen molar-refractivity contribution in [3.63, 3.8) is 0 Å². The van der Waals surface area contributed by atoms with Crippen molar-refractivity contribution in [1.82, 2.24) is 4.90 Å². The van der Waals surface area contributed by atoms with Crippen LogP contribution in [0.4, 0.5) is 0 Å².